The van der Waals surface area contributed by atoms with Crippen molar-refractivity contribution in [3.63, 3.8) is 0 Å². The van der Waals surface area contributed by atoms with Crippen LogP contribution in [0.25, 0.3) is 10.9 Å². The second-order valence-electron chi connectivity index (χ2n) is 10.2. The highest BCUT2D eigenvalue weighted by atomic mass is 19.3. The maximum Gasteiger partial charge on any atom is 0.419 e. The number of hydrogen-bond acceptors (Lipinski definition) is 7. The highest BCUT2D eigenvalue weighted by molar-refractivity contribution is 5.97. The van der Waals surface area contributed by atoms with Crippen molar-refractivity contribution in [2.75, 3.05) is 20.2 Å². The summed E-state index contributed by atoms with van der Waals surface area (Å²) in [5.74, 6) is -0.544. The first-order chi connectivity index (χ1) is 18.0. The summed E-state index contributed by atoms with van der Waals surface area (Å²) in [4.78, 5) is 24.7. The molecule has 2 heterocycles. The number of alkyl halides is 2. The second kappa shape index (κ2) is 11.0. The molecule has 1 aliphatic rings. The first-order valence-electron chi connectivity index (χ1n) is 12.4. The number of nitrogens with one attached hydrogen (secondary N) is 1. The van der Waals surface area contributed by atoms with Crippen LogP contribution >= 0.6 is 0 Å². The number of halogens is 2. The topological polar surface area (TPSA) is 88.0 Å². The summed E-state index contributed by atoms with van der Waals surface area (Å²) >= 11 is 0. The Hall–Kier alpha value is -3.66. The predicted molar refractivity (Wildman–Crippen MR) is 137 cm³/mol. The third kappa shape index (κ3) is 5.91. The van der Waals surface area contributed by atoms with Gasteiger partial charge >= 0.3 is 18.7 Å². The molecular formula is C28H32F2N2O6. The number of fused-ring (bicyclic) bond motifs is 1. The zero-order chi connectivity index (χ0) is 27.6. The van der Waals surface area contributed by atoms with E-state index in [1.54, 1.807) is 45.9 Å². The molecule has 2 atom stereocenters. The van der Waals surface area contributed by atoms with Gasteiger partial charge in [-0.05, 0) is 76.1 Å². The van der Waals surface area contributed by atoms with E-state index in [0.29, 0.717) is 41.5 Å². The average Bonchev–Trinajstić information content (AvgIpc) is 3.31. The van der Waals surface area contributed by atoms with Gasteiger partial charge in [0.2, 0.25) is 0 Å². The molecule has 8 nitrogen and oxygen atoms in total. The first-order valence-corrected chi connectivity index (χ1v) is 12.4. The third-order valence-corrected chi connectivity index (χ3v) is 6.33. The number of piperidine rings is 1. The van der Waals surface area contributed by atoms with Crippen LogP contribution in [0.3, 0.4) is 0 Å². The zero-order valence-corrected chi connectivity index (χ0v) is 22.0. The number of benzene rings is 2. The number of rotatable bonds is 6. The van der Waals surface area contributed by atoms with Gasteiger partial charge in [-0.1, -0.05) is 12.1 Å². The van der Waals surface area contributed by atoms with E-state index in [1.807, 2.05) is 12.1 Å². The predicted octanol–water partition coefficient (Wildman–Crippen LogP) is 5.65. The Morgan fingerprint density at radius 1 is 1.13 bits per heavy atom. The summed E-state index contributed by atoms with van der Waals surface area (Å²) in [7, 11) is 1.32. The number of hydrogen-bond donors (Lipinski definition) is 1. The molecule has 38 heavy (non-hydrogen) atoms. The van der Waals surface area contributed by atoms with E-state index >= 15 is 0 Å². The van der Waals surface area contributed by atoms with Gasteiger partial charge in [0, 0.05) is 24.0 Å². The van der Waals surface area contributed by atoms with Gasteiger partial charge in [0.1, 0.15) is 11.7 Å². The maximum absolute atomic E-state index is 13.4. The molecule has 2 aromatic carbocycles. The number of carbonyl (C=O) groups excluding carboxylic acids is 2. The van der Waals surface area contributed by atoms with Crippen LogP contribution in [0.15, 0.2) is 42.6 Å². The molecule has 1 saturated heterocycles. The van der Waals surface area contributed by atoms with Gasteiger partial charge < -0.3 is 24.3 Å². The Labute approximate surface area is 219 Å². The Morgan fingerprint density at radius 3 is 2.47 bits per heavy atom. The SMILES string of the molecule is COC(=O)c1ccc([C@H]2CNCC[C@@H]2Oc2c(OC(F)F)cc(C)c3c2ccn3C(=O)OC(C)(C)C)cc1. The molecule has 1 N–H and O–H groups in total. The summed E-state index contributed by atoms with van der Waals surface area (Å²) in [6.45, 7) is 5.20. The van der Waals surface area contributed by atoms with Crippen LogP contribution in [-0.2, 0) is 9.47 Å². The first kappa shape index (κ1) is 27.4. The quantitative estimate of drug-likeness (QED) is 0.413. The van der Waals surface area contributed by atoms with Crippen LogP contribution < -0.4 is 14.8 Å². The standard InChI is InChI=1S/C28H32F2N2O6/c1-16-14-22(37-26(29)30)24(19-11-13-32(23(16)19)27(34)38-28(2,3)4)36-21-10-12-31-15-20(21)17-6-8-18(9-7-17)25(33)35-5/h6-9,11,13-14,20-21,26,31H,10,12,15H2,1-5H3/t20-,21+/m1/s1. The average molecular weight is 531 g/mol. The van der Waals surface area contributed by atoms with Crippen LogP contribution in [0.4, 0.5) is 13.6 Å². The molecule has 0 saturated carbocycles. The van der Waals surface area contributed by atoms with E-state index in [1.165, 1.54) is 23.9 Å². The molecule has 0 unspecified atom stereocenters. The molecular weight excluding hydrogens is 498 g/mol. The molecule has 4 rings (SSSR count). The molecule has 0 spiro atoms. The van der Waals surface area contributed by atoms with Crippen molar-refractivity contribution >= 4 is 23.0 Å². The number of carbonyl (C=O) groups is 2. The fourth-order valence-corrected chi connectivity index (χ4v) is 4.69. The third-order valence-electron chi connectivity index (χ3n) is 6.33. The maximum atomic E-state index is 13.4. The zero-order valence-electron chi connectivity index (χ0n) is 22.0. The van der Waals surface area contributed by atoms with E-state index in [9.17, 15) is 18.4 Å². The highest BCUT2D eigenvalue weighted by Gasteiger charge is 2.31. The summed E-state index contributed by atoms with van der Waals surface area (Å²) in [6.07, 6.45) is 1.15. The molecule has 0 amide bonds. The largest absolute Gasteiger partial charge is 0.485 e. The van der Waals surface area contributed by atoms with Crippen molar-refractivity contribution in [3.8, 4) is 11.5 Å². The van der Waals surface area contributed by atoms with E-state index in [4.69, 9.17) is 18.9 Å². The number of ether oxygens (including phenoxy) is 4. The van der Waals surface area contributed by atoms with Gasteiger partial charge in [0.25, 0.3) is 0 Å². The smallest absolute Gasteiger partial charge is 0.419 e. The van der Waals surface area contributed by atoms with E-state index in [2.05, 4.69) is 5.32 Å². The summed E-state index contributed by atoms with van der Waals surface area (Å²) in [5, 5.41) is 3.81. The van der Waals surface area contributed by atoms with Crippen molar-refractivity contribution < 1.29 is 37.3 Å². The Balaban J connectivity index is 1.74. The number of aromatic nitrogens is 1. The summed E-state index contributed by atoms with van der Waals surface area (Å²) in [6, 6.07) is 10.1. The number of esters is 1. The van der Waals surface area contributed by atoms with E-state index < -0.39 is 30.4 Å². The number of aryl methyl sites for hydroxylation is 1. The van der Waals surface area contributed by atoms with Crippen molar-refractivity contribution in [2.45, 2.75) is 58.4 Å². The van der Waals surface area contributed by atoms with E-state index in [-0.39, 0.29) is 17.4 Å². The van der Waals surface area contributed by atoms with E-state index in [0.717, 1.165) is 5.56 Å². The van der Waals surface area contributed by atoms with Crippen LogP contribution in [0, 0.1) is 6.92 Å². The van der Waals surface area contributed by atoms with Crippen molar-refractivity contribution in [1.29, 1.82) is 0 Å². The number of methoxy groups -OCH3 is 1. The minimum atomic E-state index is -3.06. The van der Waals surface area contributed by atoms with Gasteiger partial charge in [-0.25, -0.2) is 9.59 Å². The molecule has 0 bridgehead atoms. The van der Waals surface area contributed by atoms with Crippen LogP contribution in [0.2, 0.25) is 0 Å². The number of nitrogens with zero attached hydrogens (tertiary/aromatic N) is 1. The van der Waals surface area contributed by atoms with Crippen molar-refractivity contribution in [1.82, 2.24) is 9.88 Å². The lowest BCUT2D eigenvalue weighted by atomic mass is 9.88. The Bertz CT molecular complexity index is 1310. The Morgan fingerprint density at radius 2 is 1.84 bits per heavy atom. The van der Waals surface area contributed by atoms with Gasteiger partial charge in [0.15, 0.2) is 11.5 Å². The van der Waals surface area contributed by atoms with Crippen LogP contribution in [0.5, 0.6) is 11.5 Å². The van der Waals surface area contributed by atoms with Gasteiger partial charge in [0.05, 0.1) is 18.2 Å². The van der Waals surface area contributed by atoms with Crippen LogP contribution in [0.1, 0.15) is 54.6 Å². The molecule has 1 fully saturated rings. The van der Waals surface area contributed by atoms with Crippen LogP contribution in [-0.4, -0.2) is 55.1 Å². The molecule has 3 aromatic rings. The second-order valence-corrected chi connectivity index (χ2v) is 10.2. The monoisotopic (exact) mass is 530 g/mol. The van der Waals surface area contributed by atoms with Gasteiger partial charge in [-0.3, -0.25) is 4.57 Å². The normalized spacial score (nSPS) is 17.9. The fourth-order valence-electron chi connectivity index (χ4n) is 4.69. The lowest BCUT2D eigenvalue weighted by molar-refractivity contribution is -0.0522. The summed E-state index contributed by atoms with van der Waals surface area (Å²) < 4.78 is 49.8. The molecule has 1 aromatic heterocycles. The Kier molecular flexibility index (Phi) is 7.91. The lowest BCUT2D eigenvalue weighted by Gasteiger charge is -2.33. The minimum absolute atomic E-state index is 0.106. The lowest BCUT2D eigenvalue weighted by Crippen LogP contribution is -2.41. The minimum Gasteiger partial charge on any atom is -0.485 e. The molecule has 10 heteroatoms. The van der Waals surface area contributed by atoms with Crippen molar-refractivity contribution in [3.05, 3.63) is 59.3 Å². The molecule has 0 aliphatic carbocycles. The fraction of sp³-hybridized carbons (Fsp3) is 0.429. The van der Waals surface area contributed by atoms with Gasteiger partial charge in [-0.2, -0.15) is 8.78 Å². The highest BCUT2D eigenvalue weighted by Crippen LogP contribution is 2.42. The molecule has 0 radical (unpaired) electrons. The van der Waals surface area contributed by atoms with Crippen molar-refractivity contribution in [2.24, 2.45) is 0 Å². The summed E-state index contributed by atoms with van der Waals surface area (Å²) in [5.41, 5.74) is 1.67. The molecule has 1 aliphatic heterocycles. The molecule has 204 valence electrons. The van der Waals surface area contributed by atoms with Gasteiger partial charge in [-0.15, -0.1) is 0 Å².